The molecule has 1 aliphatic heterocycles. The van der Waals surface area contributed by atoms with Crippen molar-refractivity contribution in [3.05, 3.63) is 77.4 Å². The quantitative estimate of drug-likeness (QED) is 0.596. The van der Waals surface area contributed by atoms with Crippen LogP contribution in [0.1, 0.15) is 34.3 Å². The number of likely N-dealkylation sites (tertiary alicyclic amines) is 1. The molecule has 27 heavy (non-hydrogen) atoms. The number of carbonyl (C=O) groups excluding carboxylic acids is 2. The van der Waals surface area contributed by atoms with Crippen LogP contribution in [0.3, 0.4) is 0 Å². The lowest BCUT2D eigenvalue weighted by atomic mass is 9.90. The number of rotatable bonds is 5. The number of nitrogens with zero attached hydrogens (tertiary/aromatic N) is 1. The number of ether oxygens (including phenoxy) is 1. The molecule has 2 aromatic carbocycles. The molecule has 0 radical (unpaired) electrons. The zero-order valence-electron chi connectivity index (χ0n) is 15.6. The van der Waals surface area contributed by atoms with E-state index >= 15 is 0 Å². The second kappa shape index (κ2) is 9.17. The predicted molar refractivity (Wildman–Crippen MR) is 106 cm³/mol. The van der Waals surface area contributed by atoms with Crippen LogP contribution in [0.2, 0.25) is 0 Å². The van der Waals surface area contributed by atoms with Crippen LogP contribution >= 0.6 is 0 Å². The van der Waals surface area contributed by atoms with E-state index in [0.29, 0.717) is 11.5 Å². The zero-order valence-corrected chi connectivity index (χ0v) is 15.6. The maximum absolute atomic E-state index is 13.0. The normalized spacial score (nSPS) is 15.1. The third kappa shape index (κ3) is 5.07. The second-order valence-electron chi connectivity index (χ2n) is 6.87. The lowest BCUT2D eigenvalue weighted by Gasteiger charge is -2.32. The lowest BCUT2D eigenvalue weighted by Crippen LogP contribution is -2.39. The summed E-state index contributed by atoms with van der Waals surface area (Å²) in [4.78, 5) is 26.2. The summed E-state index contributed by atoms with van der Waals surface area (Å²) in [5, 5.41) is 0. The zero-order chi connectivity index (χ0) is 19.1. The molecule has 1 amide bonds. The molecule has 1 heterocycles. The molecule has 0 bridgehead atoms. The predicted octanol–water partition coefficient (Wildman–Crippen LogP) is 3.97. The van der Waals surface area contributed by atoms with E-state index in [2.05, 4.69) is 29.0 Å². The highest BCUT2D eigenvalue weighted by Gasteiger charge is 2.24. The van der Waals surface area contributed by atoms with Crippen molar-refractivity contribution in [3.63, 3.8) is 0 Å². The minimum absolute atomic E-state index is 0.0262. The van der Waals surface area contributed by atoms with E-state index in [4.69, 9.17) is 0 Å². The molecular weight excluding hydrogens is 338 g/mol. The third-order valence-electron chi connectivity index (χ3n) is 5.06. The summed E-state index contributed by atoms with van der Waals surface area (Å²) in [6.07, 6.45) is 6.09. The van der Waals surface area contributed by atoms with Crippen LogP contribution in [0.25, 0.3) is 6.08 Å². The van der Waals surface area contributed by atoms with Crippen molar-refractivity contribution in [2.45, 2.75) is 19.3 Å². The van der Waals surface area contributed by atoms with Crippen molar-refractivity contribution in [1.29, 1.82) is 0 Å². The van der Waals surface area contributed by atoms with Crippen molar-refractivity contribution < 1.29 is 14.3 Å². The highest BCUT2D eigenvalue weighted by molar-refractivity contribution is 5.99. The van der Waals surface area contributed by atoms with Gasteiger partial charge in [-0.05, 0) is 48.4 Å². The third-order valence-corrected chi connectivity index (χ3v) is 5.06. The Hall–Kier alpha value is -2.88. The molecule has 1 fully saturated rings. The molecule has 0 aliphatic carbocycles. The Bertz CT molecular complexity index is 805. The minimum Gasteiger partial charge on any atom is -0.466 e. The summed E-state index contributed by atoms with van der Waals surface area (Å²) < 4.78 is 4.63. The summed E-state index contributed by atoms with van der Waals surface area (Å²) in [6, 6.07) is 17.9. The Kier molecular flexibility index (Phi) is 6.42. The molecule has 2 aromatic rings. The fraction of sp³-hybridized carbons (Fsp3) is 0.304. The molecule has 4 heteroatoms. The SMILES string of the molecule is COC(=O)C=Cc1ccccc1C(=O)N1CCC(Cc2ccccc2)CC1. The first-order valence-electron chi connectivity index (χ1n) is 9.35. The van der Waals surface area contributed by atoms with Crippen LogP contribution in [0.15, 0.2) is 60.7 Å². The average molecular weight is 363 g/mol. The Balaban J connectivity index is 1.63. The Morgan fingerprint density at radius 1 is 1.04 bits per heavy atom. The van der Waals surface area contributed by atoms with Gasteiger partial charge in [-0.25, -0.2) is 4.79 Å². The van der Waals surface area contributed by atoms with Gasteiger partial charge in [0.25, 0.3) is 5.91 Å². The minimum atomic E-state index is -0.432. The van der Waals surface area contributed by atoms with Gasteiger partial charge in [0.05, 0.1) is 7.11 Å². The number of hydrogen-bond donors (Lipinski definition) is 0. The van der Waals surface area contributed by atoms with E-state index in [1.165, 1.54) is 18.7 Å². The van der Waals surface area contributed by atoms with Crippen molar-refractivity contribution in [3.8, 4) is 0 Å². The van der Waals surface area contributed by atoms with Crippen LogP contribution in [-0.4, -0.2) is 37.0 Å². The number of piperidine rings is 1. The van der Waals surface area contributed by atoms with Gasteiger partial charge >= 0.3 is 5.97 Å². The Labute approximate surface area is 160 Å². The molecule has 140 valence electrons. The molecule has 1 saturated heterocycles. The van der Waals surface area contributed by atoms with Gasteiger partial charge in [0.15, 0.2) is 0 Å². The Morgan fingerprint density at radius 3 is 2.41 bits per heavy atom. The standard InChI is InChI=1S/C23H25NO3/c1-27-22(25)12-11-20-9-5-6-10-21(20)23(26)24-15-13-19(14-16-24)17-18-7-3-2-4-8-18/h2-12,19H,13-17H2,1H3. The first kappa shape index (κ1) is 18.9. The first-order chi connectivity index (χ1) is 13.2. The Morgan fingerprint density at radius 2 is 1.70 bits per heavy atom. The highest BCUT2D eigenvalue weighted by atomic mass is 16.5. The van der Waals surface area contributed by atoms with E-state index in [1.807, 2.05) is 35.2 Å². The van der Waals surface area contributed by atoms with Crippen molar-refractivity contribution in [2.24, 2.45) is 5.92 Å². The lowest BCUT2D eigenvalue weighted by molar-refractivity contribution is -0.134. The summed E-state index contributed by atoms with van der Waals surface area (Å²) in [5.41, 5.74) is 2.72. The van der Waals surface area contributed by atoms with Gasteiger partial charge < -0.3 is 9.64 Å². The van der Waals surface area contributed by atoms with Crippen molar-refractivity contribution in [1.82, 2.24) is 4.90 Å². The van der Waals surface area contributed by atoms with Gasteiger partial charge in [-0.3, -0.25) is 4.79 Å². The number of methoxy groups -OCH3 is 1. The maximum Gasteiger partial charge on any atom is 0.330 e. The largest absolute Gasteiger partial charge is 0.466 e. The summed E-state index contributed by atoms with van der Waals surface area (Å²) in [6.45, 7) is 1.54. The molecule has 0 unspecified atom stereocenters. The number of esters is 1. The number of carbonyl (C=O) groups is 2. The van der Waals surface area contributed by atoms with Gasteiger partial charge in [0.2, 0.25) is 0 Å². The van der Waals surface area contributed by atoms with E-state index in [1.54, 1.807) is 6.08 Å². The summed E-state index contributed by atoms with van der Waals surface area (Å²) in [7, 11) is 1.34. The summed E-state index contributed by atoms with van der Waals surface area (Å²) in [5.74, 6) is 0.211. The van der Waals surface area contributed by atoms with Crippen molar-refractivity contribution >= 4 is 18.0 Å². The van der Waals surface area contributed by atoms with Gasteiger partial charge in [0, 0.05) is 24.7 Å². The molecule has 0 aromatic heterocycles. The number of amides is 1. The van der Waals surface area contributed by atoms with Gasteiger partial charge in [-0.1, -0.05) is 48.5 Å². The summed E-state index contributed by atoms with van der Waals surface area (Å²) >= 11 is 0. The van der Waals surface area contributed by atoms with E-state index < -0.39 is 5.97 Å². The molecule has 1 aliphatic rings. The molecule has 3 rings (SSSR count). The van der Waals surface area contributed by atoms with E-state index in [9.17, 15) is 9.59 Å². The molecule has 0 spiro atoms. The number of hydrogen-bond acceptors (Lipinski definition) is 3. The van der Waals surface area contributed by atoms with Crippen LogP contribution in [0.4, 0.5) is 0 Å². The van der Waals surface area contributed by atoms with Gasteiger partial charge in [-0.2, -0.15) is 0 Å². The topological polar surface area (TPSA) is 46.6 Å². The number of benzene rings is 2. The smallest absolute Gasteiger partial charge is 0.330 e. The fourth-order valence-corrected chi connectivity index (χ4v) is 3.52. The fourth-order valence-electron chi connectivity index (χ4n) is 3.52. The van der Waals surface area contributed by atoms with Gasteiger partial charge in [-0.15, -0.1) is 0 Å². The molecular formula is C23H25NO3. The van der Waals surface area contributed by atoms with Crippen LogP contribution < -0.4 is 0 Å². The molecule has 0 saturated carbocycles. The van der Waals surface area contributed by atoms with Crippen molar-refractivity contribution in [2.75, 3.05) is 20.2 Å². The highest BCUT2D eigenvalue weighted by Crippen LogP contribution is 2.24. The molecule has 0 N–H and O–H groups in total. The average Bonchev–Trinajstić information content (AvgIpc) is 2.73. The molecule has 0 atom stereocenters. The van der Waals surface area contributed by atoms with Crippen LogP contribution in [-0.2, 0) is 16.0 Å². The van der Waals surface area contributed by atoms with E-state index in [-0.39, 0.29) is 5.91 Å². The second-order valence-corrected chi connectivity index (χ2v) is 6.87. The van der Waals surface area contributed by atoms with Gasteiger partial charge in [0.1, 0.15) is 0 Å². The van der Waals surface area contributed by atoms with E-state index in [0.717, 1.165) is 37.9 Å². The van der Waals surface area contributed by atoms with Crippen LogP contribution in [0, 0.1) is 5.92 Å². The first-order valence-corrected chi connectivity index (χ1v) is 9.35. The van der Waals surface area contributed by atoms with Crippen LogP contribution in [0.5, 0.6) is 0 Å². The molecule has 4 nitrogen and oxygen atoms in total. The maximum atomic E-state index is 13.0. The monoisotopic (exact) mass is 363 g/mol.